The second-order valence-electron chi connectivity index (χ2n) is 7.62. The lowest BCUT2D eigenvalue weighted by atomic mass is 9.95. The molecule has 1 atom stereocenters. The molecule has 1 aromatic carbocycles. The predicted molar refractivity (Wildman–Crippen MR) is 102 cm³/mol. The lowest BCUT2D eigenvalue weighted by Crippen LogP contribution is -2.54. The number of carbonyl (C=O) groups is 4. The van der Waals surface area contributed by atoms with Crippen LogP contribution in [0.2, 0.25) is 0 Å². The Hall–Kier alpha value is -2.74. The van der Waals surface area contributed by atoms with E-state index in [0.717, 1.165) is 36.6 Å². The van der Waals surface area contributed by atoms with E-state index in [1.165, 1.54) is 12.8 Å². The van der Waals surface area contributed by atoms with Crippen molar-refractivity contribution in [2.75, 3.05) is 25.0 Å². The first-order valence-corrected chi connectivity index (χ1v) is 9.85. The number of hydrogen-bond donors (Lipinski definition) is 3. The molecule has 2 saturated heterocycles. The lowest BCUT2D eigenvalue weighted by molar-refractivity contribution is -0.136. The van der Waals surface area contributed by atoms with Crippen LogP contribution in [0.25, 0.3) is 0 Å². The van der Waals surface area contributed by atoms with E-state index in [2.05, 4.69) is 16.0 Å². The molecule has 0 radical (unpaired) electrons. The van der Waals surface area contributed by atoms with Gasteiger partial charge in [-0.3, -0.25) is 29.4 Å². The number of rotatable bonds is 5. The van der Waals surface area contributed by atoms with Crippen molar-refractivity contribution in [1.82, 2.24) is 15.5 Å². The van der Waals surface area contributed by atoms with Crippen LogP contribution in [0.4, 0.5) is 5.69 Å². The number of nitrogens with one attached hydrogen (secondary N) is 3. The first-order valence-electron chi connectivity index (χ1n) is 9.85. The molecular formula is C20H24N4O4. The smallest absolute Gasteiger partial charge is 0.262 e. The first kappa shape index (κ1) is 18.6. The molecule has 3 N–H and O–H groups in total. The van der Waals surface area contributed by atoms with Crippen molar-refractivity contribution >= 4 is 29.3 Å². The van der Waals surface area contributed by atoms with Gasteiger partial charge in [0.1, 0.15) is 6.04 Å². The van der Waals surface area contributed by atoms with Gasteiger partial charge in [0.25, 0.3) is 11.8 Å². The maximum Gasteiger partial charge on any atom is 0.262 e. The van der Waals surface area contributed by atoms with Crippen LogP contribution in [-0.4, -0.2) is 54.2 Å². The largest absolute Gasteiger partial charge is 0.385 e. The van der Waals surface area contributed by atoms with Crippen LogP contribution in [0.15, 0.2) is 18.2 Å². The molecule has 3 heterocycles. The van der Waals surface area contributed by atoms with Crippen LogP contribution < -0.4 is 16.0 Å². The van der Waals surface area contributed by atoms with Crippen molar-refractivity contribution in [1.29, 1.82) is 0 Å². The van der Waals surface area contributed by atoms with Crippen molar-refractivity contribution in [3.05, 3.63) is 29.3 Å². The average molecular weight is 384 g/mol. The summed E-state index contributed by atoms with van der Waals surface area (Å²) in [6.45, 7) is 2.94. The quantitative estimate of drug-likeness (QED) is 0.651. The number of hydrogen-bond acceptors (Lipinski definition) is 6. The van der Waals surface area contributed by atoms with Crippen molar-refractivity contribution in [3.8, 4) is 0 Å². The maximum atomic E-state index is 12.8. The molecule has 0 spiro atoms. The zero-order valence-corrected chi connectivity index (χ0v) is 15.6. The zero-order chi connectivity index (χ0) is 19.7. The van der Waals surface area contributed by atoms with Crippen molar-refractivity contribution in [2.24, 2.45) is 5.92 Å². The minimum absolute atomic E-state index is 0.118. The third-order valence-electron chi connectivity index (χ3n) is 5.78. The highest BCUT2D eigenvalue weighted by Gasteiger charge is 2.44. The molecule has 2 fully saturated rings. The van der Waals surface area contributed by atoms with Crippen LogP contribution in [0, 0.1) is 5.92 Å². The summed E-state index contributed by atoms with van der Waals surface area (Å²) >= 11 is 0. The van der Waals surface area contributed by atoms with Gasteiger partial charge in [-0.15, -0.1) is 0 Å². The zero-order valence-electron chi connectivity index (χ0n) is 15.6. The monoisotopic (exact) mass is 384 g/mol. The molecule has 28 heavy (non-hydrogen) atoms. The Bertz CT molecular complexity index is 831. The second-order valence-corrected chi connectivity index (χ2v) is 7.62. The molecule has 4 amide bonds. The fourth-order valence-corrected chi connectivity index (χ4v) is 4.17. The van der Waals surface area contributed by atoms with Gasteiger partial charge in [-0.1, -0.05) is 0 Å². The summed E-state index contributed by atoms with van der Waals surface area (Å²) < 4.78 is 0. The Balaban J connectivity index is 1.43. The predicted octanol–water partition coefficient (Wildman–Crippen LogP) is 0.889. The number of amides is 4. The molecule has 4 rings (SSSR count). The number of piperidine rings is 2. The van der Waals surface area contributed by atoms with E-state index in [9.17, 15) is 19.2 Å². The van der Waals surface area contributed by atoms with E-state index < -0.39 is 23.8 Å². The highest BCUT2D eigenvalue weighted by molar-refractivity contribution is 6.23. The fourth-order valence-electron chi connectivity index (χ4n) is 4.17. The van der Waals surface area contributed by atoms with Crippen LogP contribution in [-0.2, 0) is 9.59 Å². The summed E-state index contributed by atoms with van der Waals surface area (Å²) in [6, 6.07) is 4.18. The van der Waals surface area contributed by atoms with Gasteiger partial charge >= 0.3 is 0 Å². The molecular weight excluding hydrogens is 360 g/mol. The van der Waals surface area contributed by atoms with Crippen molar-refractivity contribution < 1.29 is 19.2 Å². The highest BCUT2D eigenvalue weighted by atomic mass is 16.2. The minimum Gasteiger partial charge on any atom is -0.385 e. The van der Waals surface area contributed by atoms with Gasteiger partial charge in [0.15, 0.2) is 0 Å². The van der Waals surface area contributed by atoms with Crippen LogP contribution >= 0.6 is 0 Å². The number of anilines is 1. The number of benzene rings is 1. The second kappa shape index (κ2) is 7.71. The molecule has 148 valence electrons. The van der Waals surface area contributed by atoms with Crippen LogP contribution in [0.5, 0.6) is 0 Å². The molecule has 8 heteroatoms. The minimum atomic E-state index is -0.929. The highest BCUT2D eigenvalue weighted by Crippen LogP contribution is 2.29. The maximum absolute atomic E-state index is 12.8. The van der Waals surface area contributed by atoms with Gasteiger partial charge in [-0.2, -0.15) is 0 Å². The molecule has 8 nitrogen and oxygen atoms in total. The van der Waals surface area contributed by atoms with Gasteiger partial charge in [0.05, 0.1) is 11.1 Å². The van der Waals surface area contributed by atoms with Crippen LogP contribution in [0.3, 0.4) is 0 Å². The summed E-state index contributed by atoms with van der Waals surface area (Å²) in [6.07, 6.45) is 3.71. The molecule has 3 aliphatic rings. The van der Waals surface area contributed by atoms with Gasteiger partial charge in [-0.05, 0) is 62.9 Å². The van der Waals surface area contributed by atoms with E-state index in [1.807, 2.05) is 0 Å². The summed E-state index contributed by atoms with van der Waals surface area (Å²) in [5, 5.41) is 8.90. The number of imide groups is 2. The standard InChI is InChI=1S/C20H24N4O4/c25-17-4-3-16(18(26)23-17)24-19(27)14-2-1-13(11-15(14)20(24)28)22-10-7-12-5-8-21-9-6-12/h1-2,11-12,16,21-22H,3-10H2,(H,23,25,26). The normalized spacial score (nSPS) is 23.0. The molecule has 0 aromatic heterocycles. The number of carbonyl (C=O) groups excluding carboxylic acids is 4. The number of nitrogens with zero attached hydrogens (tertiary/aromatic N) is 1. The van der Waals surface area contributed by atoms with E-state index in [0.29, 0.717) is 17.0 Å². The topological polar surface area (TPSA) is 108 Å². The molecule has 1 aromatic rings. The van der Waals surface area contributed by atoms with Gasteiger partial charge in [0, 0.05) is 18.7 Å². The Labute approximate surface area is 163 Å². The van der Waals surface area contributed by atoms with Crippen molar-refractivity contribution in [3.63, 3.8) is 0 Å². The summed E-state index contributed by atoms with van der Waals surface area (Å²) in [5.41, 5.74) is 1.40. The van der Waals surface area contributed by atoms with Crippen molar-refractivity contribution in [2.45, 2.75) is 38.1 Å². The van der Waals surface area contributed by atoms with Crippen LogP contribution in [0.1, 0.15) is 52.8 Å². The summed E-state index contributed by atoms with van der Waals surface area (Å²) in [4.78, 5) is 49.9. The molecule has 0 bridgehead atoms. The average Bonchev–Trinajstić information content (AvgIpc) is 2.93. The SMILES string of the molecule is O=C1CCC(N2C(=O)c3ccc(NCCC4CCNCC4)cc3C2=O)C(=O)N1. The molecule has 1 unspecified atom stereocenters. The Morgan fingerprint density at radius 2 is 1.75 bits per heavy atom. The molecule has 0 aliphatic carbocycles. The Morgan fingerprint density at radius 1 is 1.00 bits per heavy atom. The Morgan fingerprint density at radius 3 is 2.50 bits per heavy atom. The lowest BCUT2D eigenvalue weighted by Gasteiger charge is -2.27. The van der Waals surface area contributed by atoms with Gasteiger partial charge in [0.2, 0.25) is 11.8 Å². The number of fused-ring (bicyclic) bond motifs is 1. The summed E-state index contributed by atoms with van der Waals surface area (Å²) in [7, 11) is 0. The van der Waals surface area contributed by atoms with E-state index >= 15 is 0 Å². The molecule has 0 saturated carbocycles. The van der Waals surface area contributed by atoms with E-state index in [4.69, 9.17) is 0 Å². The van der Waals surface area contributed by atoms with Gasteiger partial charge < -0.3 is 10.6 Å². The van der Waals surface area contributed by atoms with E-state index in [-0.39, 0.29) is 18.7 Å². The molecule has 3 aliphatic heterocycles. The van der Waals surface area contributed by atoms with Gasteiger partial charge in [-0.25, -0.2) is 0 Å². The third kappa shape index (κ3) is 3.52. The first-order chi connectivity index (χ1) is 13.5. The summed E-state index contributed by atoms with van der Waals surface area (Å²) in [5.74, 6) is -1.22. The fraction of sp³-hybridized carbons (Fsp3) is 0.500. The van der Waals surface area contributed by atoms with E-state index in [1.54, 1.807) is 18.2 Å². The Kier molecular flexibility index (Phi) is 5.13. The third-order valence-corrected chi connectivity index (χ3v) is 5.78.